The normalized spacial score (nSPS) is 14.3. The summed E-state index contributed by atoms with van der Waals surface area (Å²) in [5.41, 5.74) is 0.504. The maximum absolute atomic E-state index is 11.4. The Balaban J connectivity index is 2.50. The number of anilines is 1. The van der Waals surface area contributed by atoms with Crippen molar-refractivity contribution < 1.29 is 4.92 Å². The predicted octanol–water partition coefficient (Wildman–Crippen LogP) is 2.56. The molecule has 0 aliphatic heterocycles. The Morgan fingerprint density at radius 2 is 2.25 bits per heavy atom. The minimum absolute atomic E-state index is 0.0423. The largest absolute Gasteiger partial charge is 0.347 e. The van der Waals surface area contributed by atoms with E-state index in [0.29, 0.717) is 30.5 Å². The average molecular weight is 277 g/mol. The van der Waals surface area contributed by atoms with E-state index in [2.05, 4.69) is 11.2 Å². The van der Waals surface area contributed by atoms with Crippen molar-refractivity contribution in [2.75, 3.05) is 11.4 Å². The monoisotopic (exact) mass is 277 g/mol. The Kier molecular flexibility index (Phi) is 3.93. The molecule has 0 spiro atoms. The van der Waals surface area contributed by atoms with E-state index in [4.69, 9.17) is 5.26 Å². The van der Waals surface area contributed by atoms with E-state index in [1.54, 1.807) is 11.6 Å². The Hall–Kier alpha value is -2.10. The van der Waals surface area contributed by atoms with Crippen molar-refractivity contribution in [2.45, 2.75) is 52.1 Å². The van der Waals surface area contributed by atoms with Crippen LogP contribution in [0, 0.1) is 28.4 Å². The van der Waals surface area contributed by atoms with Gasteiger partial charge in [-0.05, 0) is 33.6 Å². The summed E-state index contributed by atoms with van der Waals surface area (Å²) >= 11 is 0. The van der Waals surface area contributed by atoms with Crippen LogP contribution in [-0.2, 0) is 0 Å². The molecule has 0 bridgehead atoms. The van der Waals surface area contributed by atoms with Crippen LogP contribution in [-0.4, -0.2) is 27.3 Å². The lowest BCUT2D eigenvalue weighted by Crippen LogP contribution is -2.30. The van der Waals surface area contributed by atoms with Crippen LogP contribution in [0.4, 0.5) is 11.5 Å². The van der Waals surface area contributed by atoms with Gasteiger partial charge in [0.05, 0.1) is 17.4 Å². The van der Waals surface area contributed by atoms with E-state index in [1.165, 1.54) is 0 Å². The van der Waals surface area contributed by atoms with Gasteiger partial charge in [-0.25, -0.2) is 4.68 Å². The average Bonchev–Trinajstić information content (AvgIpc) is 3.13. The van der Waals surface area contributed by atoms with Gasteiger partial charge < -0.3 is 4.90 Å². The molecule has 7 nitrogen and oxygen atoms in total. The molecule has 1 saturated carbocycles. The number of aryl methyl sites for hydroxylation is 1. The van der Waals surface area contributed by atoms with Crippen molar-refractivity contribution in [3.8, 4) is 6.07 Å². The molecule has 1 aliphatic rings. The summed E-state index contributed by atoms with van der Waals surface area (Å²) in [4.78, 5) is 13.0. The van der Waals surface area contributed by atoms with Gasteiger partial charge in [-0.3, -0.25) is 10.1 Å². The molecule has 1 aromatic heterocycles. The third kappa shape index (κ3) is 2.59. The summed E-state index contributed by atoms with van der Waals surface area (Å²) < 4.78 is 1.71. The molecule has 0 amide bonds. The minimum atomic E-state index is -0.363. The van der Waals surface area contributed by atoms with Crippen molar-refractivity contribution >= 4 is 11.5 Å². The third-order valence-electron chi connectivity index (χ3n) is 3.43. The van der Waals surface area contributed by atoms with Gasteiger partial charge in [0.1, 0.15) is 5.69 Å². The molecular formula is C13H19N5O2. The first-order valence-corrected chi connectivity index (χ1v) is 6.84. The Labute approximate surface area is 117 Å². The van der Waals surface area contributed by atoms with Crippen LogP contribution in [0.2, 0.25) is 0 Å². The van der Waals surface area contributed by atoms with Crippen LogP contribution in [0.25, 0.3) is 0 Å². The minimum Gasteiger partial charge on any atom is -0.347 e. The molecule has 0 N–H and O–H groups in total. The van der Waals surface area contributed by atoms with Crippen LogP contribution in [0.3, 0.4) is 0 Å². The van der Waals surface area contributed by atoms with E-state index in [9.17, 15) is 10.1 Å². The highest BCUT2D eigenvalue weighted by Gasteiger charge is 2.37. The van der Waals surface area contributed by atoms with Crippen molar-refractivity contribution in [3.05, 3.63) is 15.8 Å². The van der Waals surface area contributed by atoms with Crippen LogP contribution >= 0.6 is 0 Å². The molecule has 0 aromatic carbocycles. The maximum Gasteiger partial charge on any atom is 0.333 e. The summed E-state index contributed by atoms with van der Waals surface area (Å²) in [6.07, 6.45) is 2.39. The van der Waals surface area contributed by atoms with E-state index in [0.717, 1.165) is 12.8 Å². The maximum atomic E-state index is 11.4. The third-order valence-corrected chi connectivity index (χ3v) is 3.43. The molecule has 0 radical (unpaired) electrons. The molecule has 20 heavy (non-hydrogen) atoms. The quantitative estimate of drug-likeness (QED) is 0.589. The standard InChI is InChI=1S/C13H19N5O2/c1-9(2)17-13(12(18(19)20)10(3)15-17)16(8-4-7-14)11-5-6-11/h9,11H,4-6,8H2,1-3H3. The smallest absolute Gasteiger partial charge is 0.333 e. The van der Waals surface area contributed by atoms with Crippen molar-refractivity contribution in [3.63, 3.8) is 0 Å². The lowest BCUT2D eigenvalue weighted by atomic mass is 10.3. The highest BCUT2D eigenvalue weighted by atomic mass is 16.6. The zero-order chi connectivity index (χ0) is 14.9. The highest BCUT2D eigenvalue weighted by Crippen LogP contribution is 2.39. The van der Waals surface area contributed by atoms with Gasteiger partial charge in [0.15, 0.2) is 0 Å². The number of nitro groups is 1. The van der Waals surface area contributed by atoms with E-state index in [1.807, 2.05) is 18.7 Å². The molecular weight excluding hydrogens is 258 g/mol. The molecule has 2 rings (SSSR count). The Bertz CT molecular complexity index is 554. The van der Waals surface area contributed by atoms with E-state index < -0.39 is 0 Å². The number of nitrogens with zero attached hydrogens (tertiary/aromatic N) is 5. The fourth-order valence-corrected chi connectivity index (χ4v) is 2.39. The zero-order valence-corrected chi connectivity index (χ0v) is 12.0. The van der Waals surface area contributed by atoms with Gasteiger partial charge in [0.2, 0.25) is 5.82 Å². The second kappa shape index (κ2) is 5.49. The molecule has 108 valence electrons. The first-order valence-electron chi connectivity index (χ1n) is 6.84. The van der Waals surface area contributed by atoms with Crippen molar-refractivity contribution in [1.82, 2.24) is 9.78 Å². The lowest BCUT2D eigenvalue weighted by molar-refractivity contribution is -0.384. The number of nitriles is 1. The van der Waals surface area contributed by atoms with Crippen molar-refractivity contribution in [1.29, 1.82) is 5.26 Å². The molecule has 1 fully saturated rings. The second-order valence-electron chi connectivity index (χ2n) is 5.39. The fraction of sp³-hybridized carbons (Fsp3) is 0.692. The number of aromatic nitrogens is 2. The van der Waals surface area contributed by atoms with E-state index in [-0.39, 0.29) is 16.7 Å². The van der Waals surface area contributed by atoms with Crippen LogP contribution in [0.15, 0.2) is 0 Å². The number of hydrogen-bond acceptors (Lipinski definition) is 5. The van der Waals surface area contributed by atoms with Gasteiger partial charge in [-0.2, -0.15) is 10.4 Å². The summed E-state index contributed by atoms with van der Waals surface area (Å²) in [5, 5.41) is 24.5. The first-order chi connectivity index (χ1) is 9.47. The van der Waals surface area contributed by atoms with Crippen LogP contribution < -0.4 is 4.90 Å². The molecule has 0 atom stereocenters. The molecule has 0 unspecified atom stereocenters. The SMILES string of the molecule is Cc1nn(C(C)C)c(N(CCC#N)C2CC2)c1[N+](=O)[O-]. The predicted molar refractivity (Wildman–Crippen MR) is 74.6 cm³/mol. The zero-order valence-electron chi connectivity index (χ0n) is 12.0. The Morgan fingerprint density at radius 1 is 1.60 bits per heavy atom. The summed E-state index contributed by atoms with van der Waals surface area (Å²) in [6, 6.07) is 2.46. The number of rotatable bonds is 6. The van der Waals surface area contributed by atoms with Crippen molar-refractivity contribution in [2.24, 2.45) is 0 Å². The highest BCUT2D eigenvalue weighted by molar-refractivity contribution is 5.62. The molecule has 7 heteroatoms. The number of hydrogen-bond donors (Lipinski definition) is 0. The van der Waals surface area contributed by atoms with Gasteiger partial charge in [-0.15, -0.1) is 0 Å². The van der Waals surface area contributed by atoms with Gasteiger partial charge >= 0.3 is 5.69 Å². The Morgan fingerprint density at radius 3 is 2.70 bits per heavy atom. The van der Waals surface area contributed by atoms with Crippen LogP contribution in [0.5, 0.6) is 0 Å². The molecule has 1 aliphatic carbocycles. The second-order valence-corrected chi connectivity index (χ2v) is 5.39. The summed E-state index contributed by atoms with van der Waals surface area (Å²) in [6.45, 7) is 6.08. The molecule has 0 saturated heterocycles. The summed E-state index contributed by atoms with van der Waals surface area (Å²) in [5.74, 6) is 0.556. The van der Waals surface area contributed by atoms with Gasteiger partial charge in [0.25, 0.3) is 0 Å². The lowest BCUT2D eigenvalue weighted by Gasteiger charge is -2.24. The topological polar surface area (TPSA) is 88.0 Å². The fourth-order valence-electron chi connectivity index (χ4n) is 2.39. The van der Waals surface area contributed by atoms with Crippen LogP contribution in [0.1, 0.15) is 44.8 Å². The van der Waals surface area contributed by atoms with Gasteiger partial charge in [-0.1, -0.05) is 0 Å². The van der Waals surface area contributed by atoms with Gasteiger partial charge in [0, 0.05) is 18.6 Å². The first kappa shape index (κ1) is 14.3. The summed E-state index contributed by atoms with van der Waals surface area (Å²) in [7, 11) is 0. The van der Waals surface area contributed by atoms with E-state index >= 15 is 0 Å². The molecule has 1 aromatic rings. The molecule has 1 heterocycles.